The van der Waals surface area contributed by atoms with Crippen LogP contribution in [0.3, 0.4) is 0 Å². The highest BCUT2D eigenvalue weighted by molar-refractivity contribution is 5.89. The lowest BCUT2D eigenvalue weighted by Crippen LogP contribution is -2.33. The number of anilines is 1. The van der Waals surface area contributed by atoms with Gasteiger partial charge in [-0.3, -0.25) is 4.79 Å². The van der Waals surface area contributed by atoms with Crippen molar-refractivity contribution in [3.8, 4) is 0 Å². The lowest BCUT2D eigenvalue weighted by molar-refractivity contribution is -0.137. The van der Waals surface area contributed by atoms with Gasteiger partial charge in [-0.25, -0.2) is 4.79 Å². The van der Waals surface area contributed by atoms with Crippen molar-refractivity contribution in [2.45, 2.75) is 25.7 Å². The second-order valence-corrected chi connectivity index (χ2v) is 6.03. The number of carboxylic acids is 1. The molecule has 0 saturated heterocycles. The van der Waals surface area contributed by atoms with Gasteiger partial charge < -0.3 is 15.3 Å². The van der Waals surface area contributed by atoms with Gasteiger partial charge in [0.15, 0.2) is 0 Å². The van der Waals surface area contributed by atoms with E-state index in [-0.39, 0.29) is 19.0 Å². The van der Waals surface area contributed by atoms with Gasteiger partial charge >= 0.3 is 12.0 Å². The van der Waals surface area contributed by atoms with E-state index in [2.05, 4.69) is 29.6 Å². The minimum Gasteiger partial charge on any atom is -0.481 e. The van der Waals surface area contributed by atoms with Crippen molar-refractivity contribution in [2.24, 2.45) is 0 Å². The summed E-state index contributed by atoms with van der Waals surface area (Å²) in [6.45, 7) is 0.179. The largest absolute Gasteiger partial charge is 0.481 e. The molecule has 2 rings (SSSR count). The van der Waals surface area contributed by atoms with Gasteiger partial charge in [-0.15, -0.1) is 0 Å². The van der Waals surface area contributed by atoms with Gasteiger partial charge in [0.05, 0.1) is 6.42 Å². The third-order valence-electron chi connectivity index (χ3n) is 3.99. The van der Waals surface area contributed by atoms with Gasteiger partial charge in [0.1, 0.15) is 0 Å². The molecule has 0 saturated carbocycles. The van der Waals surface area contributed by atoms with E-state index in [1.165, 1.54) is 16.0 Å². The fourth-order valence-corrected chi connectivity index (χ4v) is 2.48. The maximum Gasteiger partial charge on any atom is 0.321 e. The van der Waals surface area contributed by atoms with Crippen LogP contribution in [0.1, 0.15) is 24.0 Å². The summed E-state index contributed by atoms with van der Waals surface area (Å²) in [5.74, 6) is -0.917. The van der Waals surface area contributed by atoms with E-state index < -0.39 is 5.97 Å². The third-order valence-corrected chi connectivity index (χ3v) is 3.99. The standard InChI is InChI=1S/C20H24N2O3/c1-22(15-14-19(23)24)20(25)21-18-12-10-17(11-13-18)9-5-8-16-6-3-2-4-7-16/h2-4,6-7,10-13H,5,8-9,14-15H2,1H3,(H,21,25)(H,23,24). The Kier molecular flexibility index (Phi) is 7.01. The van der Waals surface area contributed by atoms with E-state index in [1.54, 1.807) is 7.05 Å². The van der Waals surface area contributed by atoms with Crippen molar-refractivity contribution in [2.75, 3.05) is 18.9 Å². The second kappa shape index (κ2) is 9.47. The Hall–Kier alpha value is -2.82. The summed E-state index contributed by atoms with van der Waals surface area (Å²) in [5.41, 5.74) is 3.28. The Labute approximate surface area is 148 Å². The monoisotopic (exact) mass is 340 g/mol. The predicted octanol–water partition coefficient (Wildman–Crippen LogP) is 3.80. The summed E-state index contributed by atoms with van der Waals surface area (Å²) in [4.78, 5) is 23.9. The lowest BCUT2D eigenvalue weighted by atomic mass is 10.0. The first-order valence-electron chi connectivity index (χ1n) is 8.41. The fourth-order valence-electron chi connectivity index (χ4n) is 2.48. The quantitative estimate of drug-likeness (QED) is 0.768. The van der Waals surface area contributed by atoms with Crippen molar-refractivity contribution in [1.29, 1.82) is 0 Å². The Balaban J connectivity index is 1.77. The molecule has 0 aromatic heterocycles. The first-order valence-corrected chi connectivity index (χ1v) is 8.41. The van der Waals surface area contributed by atoms with Gasteiger partial charge in [0.2, 0.25) is 0 Å². The molecule has 2 aromatic carbocycles. The zero-order valence-electron chi connectivity index (χ0n) is 14.4. The molecular weight excluding hydrogens is 316 g/mol. The summed E-state index contributed by atoms with van der Waals surface area (Å²) in [6, 6.07) is 17.9. The van der Waals surface area contributed by atoms with E-state index in [1.807, 2.05) is 30.3 Å². The van der Waals surface area contributed by atoms with E-state index in [4.69, 9.17) is 5.11 Å². The van der Waals surface area contributed by atoms with Crippen LogP contribution in [0, 0.1) is 0 Å². The number of urea groups is 1. The van der Waals surface area contributed by atoms with E-state index in [0.29, 0.717) is 5.69 Å². The third kappa shape index (κ3) is 6.67. The molecule has 0 heterocycles. The van der Waals surface area contributed by atoms with Crippen LogP contribution >= 0.6 is 0 Å². The molecule has 0 atom stereocenters. The van der Waals surface area contributed by atoms with Crippen LogP contribution in [-0.4, -0.2) is 35.6 Å². The molecule has 0 aliphatic heterocycles. The van der Waals surface area contributed by atoms with Crippen LogP contribution < -0.4 is 5.32 Å². The normalized spacial score (nSPS) is 10.3. The average molecular weight is 340 g/mol. The average Bonchev–Trinajstić information content (AvgIpc) is 2.62. The Morgan fingerprint density at radius 3 is 2.16 bits per heavy atom. The summed E-state index contributed by atoms with van der Waals surface area (Å²) in [5, 5.41) is 11.4. The molecular formula is C20H24N2O3. The molecule has 0 radical (unpaired) electrons. The Morgan fingerprint density at radius 2 is 1.56 bits per heavy atom. The number of amides is 2. The number of hydrogen-bond acceptors (Lipinski definition) is 2. The maximum atomic E-state index is 12.0. The van der Waals surface area contributed by atoms with Crippen molar-refractivity contribution < 1.29 is 14.7 Å². The van der Waals surface area contributed by atoms with Crippen molar-refractivity contribution in [3.63, 3.8) is 0 Å². The summed E-state index contributed by atoms with van der Waals surface area (Å²) in [6.07, 6.45) is 3.05. The molecule has 25 heavy (non-hydrogen) atoms. The molecule has 0 fully saturated rings. The summed E-state index contributed by atoms with van der Waals surface area (Å²) in [7, 11) is 1.58. The van der Waals surface area contributed by atoms with E-state index in [9.17, 15) is 9.59 Å². The molecule has 2 aromatic rings. The molecule has 0 bridgehead atoms. The zero-order valence-corrected chi connectivity index (χ0v) is 14.4. The lowest BCUT2D eigenvalue weighted by Gasteiger charge is -2.17. The SMILES string of the molecule is CN(CCC(=O)O)C(=O)Nc1ccc(CCCc2ccccc2)cc1. The number of hydrogen-bond donors (Lipinski definition) is 2. The van der Waals surface area contributed by atoms with E-state index >= 15 is 0 Å². The molecule has 2 N–H and O–H groups in total. The molecule has 0 aliphatic carbocycles. The smallest absolute Gasteiger partial charge is 0.321 e. The van der Waals surface area contributed by atoms with Crippen LogP contribution in [0.2, 0.25) is 0 Å². The fraction of sp³-hybridized carbons (Fsp3) is 0.300. The second-order valence-electron chi connectivity index (χ2n) is 6.03. The Morgan fingerprint density at radius 1 is 0.960 bits per heavy atom. The van der Waals surface area contributed by atoms with Gasteiger partial charge in [0.25, 0.3) is 0 Å². The number of carbonyl (C=O) groups excluding carboxylic acids is 1. The molecule has 5 heteroatoms. The molecule has 0 unspecified atom stereocenters. The molecule has 0 spiro atoms. The first-order chi connectivity index (χ1) is 12.0. The first kappa shape index (κ1) is 18.5. The van der Waals surface area contributed by atoms with Gasteiger partial charge in [-0.2, -0.15) is 0 Å². The summed E-state index contributed by atoms with van der Waals surface area (Å²) < 4.78 is 0. The van der Waals surface area contributed by atoms with Gasteiger partial charge in [-0.05, 0) is 42.5 Å². The molecule has 132 valence electrons. The number of aryl methyl sites for hydroxylation is 2. The predicted molar refractivity (Wildman–Crippen MR) is 98.8 cm³/mol. The number of nitrogens with one attached hydrogen (secondary N) is 1. The Bertz CT molecular complexity index is 684. The number of carboxylic acid groups (broad SMARTS) is 1. The van der Waals surface area contributed by atoms with Crippen LogP contribution in [-0.2, 0) is 17.6 Å². The highest BCUT2D eigenvalue weighted by Gasteiger charge is 2.10. The van der Waals surface area contributed by atoms with Gasteiger partial charge in [0, 0.05) is 19.3 Å². The summed E-state index contributed by atoms with van der Waals surface area (Å²) >= 11 is 0. The number of aliphatic carboxylic acids is 1. The van der Waals surface area contributed by atoms with Crippen molar-refractivity contribution >= 4 is 17.7 Å². The van der Waals surface area contributed by atoms with Crippen molar-refractivity contribution in [3.05, 3.63) is 65.7 Å². The highest BCUT2D eigenvalue weighted by atomic mass is 16.4. The van der Waals surface area contributed by atoms with Crippen LogP contribution in [0.15, 0.2) is 54.6 Å². The van der Waals surface area contributed by atoms with E-state index in [0.717, 1.165) is 19.3 Å². The number of rotatable bonds is 8. The maximum absolute atomic E-state index is 12.0. The highest BCUT2D eigenvalue weighted by Crippen LogP contribution is 2.13. The topological polar surface area (TPSA) is 69.6 Å². The van der Waals surface area contributed by atoms with Crippen LogP contribution in [0.5, 0.6) is 0 Å². The molecule has 2 amide bonds. The molecule has 5 nitrogen and oxygen atoms in total. The molecule has 0 aliphatic rings. The van der Waals surface area contributed by atoms with Crippen LogP contribution in [0.4, 0.5) is 10.5 Å². The zero-order chi connectivity index (χ0) is 18.1. The number of benzene rings is 2. The minimum atomic E-state index is -0.917. The van der Waals surface area contributed by atoms with Crippen molar-refractivity contribution in [1.82, 2.24) is 4.90 Å². The van der Waals surface area contributed by atoms with Gasteiger partial charge in [-0.1, -0.05) is 42.5 Å². The minimum absolute atomic E-state index is 0.0652. The number of nitrogens with zero attached hydrogens (tertiary/aromatic N) is 1. The number of carbonyl (C=O) groups is 2. The van der Waals surface area contributed by atoms with Crippen LogP contribution in [0.25, 0.3) is 0 Å².